The zero-order chi connectivity index (χ0) is 13.6. The lowest BCUT2D eigenvalue weighted by Gasteiger charge is -2.26. The van der Waals surface area contributed by atoms with Crippen molar-refractivity contribution < 1.29 is 4.79 Å². The monoisotopic (exact) mass is 268 g/mol. The van der Waals surface area contributed by atoms with E-state index in [0.717, 1.165) is 12.8 Å². The Kier molecular flexibility index (Phi) is 6.01. The molecule has 1 unspecified atom stereocenters. The molecule has 0 aromatic carbocycles. The molecule has 1 N–H and O–H groups in total. The molecule has 0 aromatic rings. The number of thioether (sulfide) groups is 1. The van der Waals surface area contributed by atoms with Gasteiger partial charge in [-0.05, 0) is 18.8 Å². The number of nitrogens with zero attached hydrogens (tertiary/aromatic N) is 1. The second kappa shape index (κ2) is 7.04. The first kappa shape index (κ1) is 15.4. The second-order valence-corrected chi connectivity index (χ2v) is 7.78. The van der Waals surface area contributed by atoms with E-state index in [2.05, 4.69) is 32.2 Å². The van der Waals surface area contributed by atoms with Crippen molar-refractivity contribution in [1.29, 1.82) is 5.26 Å². The number of carbonyl (C=O) groups excluding carboxylic acids is 1. The van der Waals surface area contributed by atoms with Crippen LogP contribution in [0.3, 0.4) is 0 Å². The topological polar surface area (TPSA) is 52.9 Å². The van der Waals surface area contributed by atoms with Gasteiger partial charge in [-0.2, -0.15) is 5.26 Å². The molecule has 102 valence electrons. The van der Waals surface area contributed by atoms with Gasteiger partial charge in [0.2, 0.25) is 5.91 Å². The first-order chi connectivity index (χ1) is 8.42. The number of nitrogens with one attached hydrogen (secondary N) is 1. The first-order valence-electron chi connectivity index (χ1n) is 6.75. The average Bonchev–Trinajstić information content (AvgIpc) is 2.33. The summed E-state index contributed by atoms with van der Waals surface area (Å²) in [5.74, 6) is 0.786. The second-order valence-electron chi connectivity index (χ2n) is 5.97. The molecule has 1 aliphatic rings. The molecule has 0 aliphatic heterocycles. The van der Waals surface area contributed by atoms with Gasteiger partial charge in [0.1, 0.15) is 6.04 Å². The third-order valence-electron chi connectivity index (χ3n) is 3.21. The highest BCUT2D eigenvalue weighted by Gasteiger charge is 2.25. The highest BCUT2D eigenvalue weighted by molar-refractivity contribution is 8.01. The predicted octanol–water partition coefficient (Wildman–Crippen LogP) is 3.11. The fraction of sp³-hybridized carbons (Fsp3) is 0.857. The molecular formula is C14H24N2OS. The van der Waals surface area contributed by atoms with E-state index >= 15 is 0 Å². The maximum Gasteiger partial charge on any atom is 0.231 e. The maximum atomic E-state index is 11.8. The largest absolute Gasteiger partial charge is 0.339 e. The minimum atomic E-state index is -0.293. The molecule has 1 saturated carbocycles. The van der Waals surface area contributed by atoms with Crippen LogP contribution >= 0.6 is 11.8 Å². The van der Waals surface area contributed by atoms with Crippen molar-refractivity contribution in [3.63, 3.8) is 0 Å². The fourth-order valence-electron chi connectivity index (χ4n) is 2.22. The molecular weight excluding hydrogens is 244 g/mol. The summed E-state index contributed by atoms with van der Waals surface area (Å²) >= 11 is 1.62. The van der Waals surface area contributed by atoms with Gasteiger partial charge in [-0.3, -0.25) is 4.79 Å². The van der Waals surface area contributed by atoms with Crippen LogP contribution in [0.15, 0.2) is 0 Å². The maximum absolute atomic E-state index is 11.8. The van der Waals surface area contributed by atoms with Crippen molar-refractivity contribution in [3.8, 4) is 6.07 Å². The number of amides is 1. The molecule has 1 amide bonds. The molecule has 0 radical (unpaired) electrons. The van der Waals surface area contributed by atoms with Crippen molar-refractivity contribution >= 4 is 17.7 Å². The summed E-state index contributed by atoms with van der Waals surface area (Å²) in [6, 6.07) is 1.97. The molecule has 0 heterocycles. The van der Waals surface area contributed by atoms with E-state index in [4.69, 9.17) is 0 Å². The minimum absolute atomic E-state index is 0.00736. The number of rotatable bonds is 4. The highest BCUT2D eigenvalue weighted by Crippen LogP contribution is 2.27. The Morgan fingerprint density at radius 1 is 1.39 bits per heavy atom. The smallest absolute Gasteiger partial charge is 0.231 e. The summed E-state index contributed by atoms with van der Waals surface area (Å²) in [4.78, 5) is 11.8. The van der Waals surface area contributed by atoms with Gasteiger partial charge in [-0.15, -0.1) is 11.8 Å². The Bertz CT molecular complexity index is 311. The van der Waals surface area contributed by atoms with Gasteiger partial charge in [0.05, 0.1) is 11.8 Å². The molecule has 3 nitrogen and oxygen atoms in total. The van der Waals surface area contributed by atoms with Crippen LogP contribution in [-0.4, -0.2) is 22.4 Å². The van der Waals surface area contributed by atoms with Gasteiger partial charge >= 0.3 is 0 Å². The molecule has 18 heavy (non-hydrogen) atoms. The van der Waals surface area contributed by atoms with E-state index in [-0.39, 0.29) is 16.7 Å². The van der Waals surface area contributed by atoms with Gasteiger partial charge in [-0.25, -0.2) is 0 Å². The zero-order valence-corrected chi connectivity index (χ0v) is 12.5. The summed E-state index contributed by atoms with van der Waals surface area (Å²) < 4.78 is 0.0876. The molecule has 1 atom stereocenters. The summed E-state index contributed by atoms with van der Waals surface area (Å²) in [5, 5.41) is 12.1. The number of carbonyl (C=O) groups is 1. The Morgan fingerprint density at radius 2 is 2.00 bits per heavy atom. The van der Waals surface area contributed by atoms with Crippen LogP contribution in [0.25, 0.3) is 0 Å². The summed E-state index contributed by atoms with van der Waals surface area (Å²) in [6.45, 7) is 6.27. The van der Waals surface area contributed by atoms with E-state index in [1.807, 2.05) is 0 Å². The Balaban J connectivity index is 2.38. The summed E-state index contributed by atoms with van der Waals surface area (Å²) in [7, 11) is 0. The van der Waals surface area contributed by atoms with Gasteiger partial charge in [0.25, 0.3) is 0 Å². The standard InChI is InChI=1S/C14H24N2OS/c1-14(2,3)18-10-13(17)16-12(9-15)11-7-5-4-6-8-11/h11-12H,4-8,10H2,1-3H3,(H,16,17). The van der Waals surface area contributed by atoms with Crippen LogP contribution in [0.1, 0.15) is 52.9 Å². The molecule has 0 spiro atoms. The first-order valence-corrected chi connectivity index (χ1v) is 7.74. The number of nitriles is 1. The quantitative estimate of drug-likeness (QED) is 0.852. The molecule has 1 fully saturated rings. The summed E-state index contributed by atoms with van der Waals surface area (Å²) in [6.07, 6.45) is 5.79. The van der Waals surface area contributed by atoms with Crippen molar-refractivity contribution in [1.82, 2.24) is 5.32 Å². The van der Waals surface area contributed by atoms with Gasteiger partial charge < -0.3 is 5.32 Å². The van der Waals surface area contributed by atoms with Gasteiger partial charge in [0, 0.05) is 4.75 Å². The van der Waals surface area contributed by atoms with Crippen LogP contribution in [0.4, 0.5) is 0 Å². The molecule has 0 aromatic heterocycles. The van der Waals surface area contributed by atoms with E-state index in [9.17, 15) is 10.1 Å². The lowest BCUT2D eigenvalue weighted by Crippen LogP contribution is -2.41. The minimum Gasteiger partial charge on any atom is -0.339 e. The number of hydrogen-bond donors (Lipinski definition) is 1. The highest BCUT2D eigenvalue weighted by atomic mass is 32.2. The Labute approximate surface area is 115 Å². The lowest BCUT2D eigenvalue weighted by molar-refractivity contribution is -0.119. The third kappa shape index (κ3) is 5.77. The van der Waals surface area contributed by atoms with Crippen LogP contribution in [0, 0.1) is 17.2 Å². The van der Waals surface area contributed by atoms with Crippen molar-refractivity contribution in [2.75, 3.05) is 5.75 Å². The van der Waals surface area contributed by atoms with E-state index in [0.29, 0.717) is 11.7 Å². The van der Waals surface area contributed by atoms with E-state index < -0.39 is 0 Å². The summed E-state index contributed by atoms with van der Waals surface area (Å²) in [5.41, 5.74) is 0. The normalized spacial score (nSPS) is 19.0. The van der Waals surface area contributed by atoms with Crippen LogP contribution in [-0.2, 0) is 4.79 Å². The van der Waals surface area contributed by atoms with Crippen LogP contribution in [0.5, 0.6) is 0 Å². The molecule has 0 saturated heterocycles. The molecule has 1 aliphatic carbocycles. The number of hydrogen-bond acceptors (Lipinski definition) is 3. The van der Waals surface area contributed by atoms with E-state index in [1.165, 1.54) is 19.3 Å². The predicted molar refractivity (Wildman–Crippen MR) is 76.3 cm³/mol. The van der Waals surface area contributed by atoms with Crippen molar-refractivity contribution in [2.24, 2.45) is 5.92 Å². The fourth-order valence-corrected chi connectivity index (χ4v) is 2.87. The molecule has 0 bridgehead atoms. The van der Waals surface area contributed by atoms with Crippen LogP contribution in [0.2, 0.25) is 0 Å². The molecule has 1 rings (SSSR count). The SMILES string of the molecule is CC(C)(C)SCC(=O)NC(C#N)C1CCCCC1. The van der Waals surface area contributed by atoms with Crippen molar-refractivity contribution in [3.05, 3.63) is 0 Å². The van der Waals surface area contributed by atoms with Crippen LogP contribution < -0.4 is 5.32 Å². The third-order valence-corrected chi connectivity index (χ3v) is 4.49. The van der Waals surface area contributed by atoms with E-state index in [1.54, 1.807) is 11.8 Å². The lowest BCUT2D eigenvalue weighted by atomic mass is 9.84. The zero-order valence-electron chi connectivity index (χ0n) is 11.7. The average molecular weight is 268 g/mol. The van der Waals surface area contributed by atoms with Crippen molar-refractivity contribution in [2.45, 2.75) is 63.7 Å². The molecule has 4 heteroatoms. The Hall–Kier alpha value is -0.690. The Morgan fingerprint density at radius 3 is 2.50 bits per heavy atom. The van der Waals surface area contributed by atoms with Gasteiger partial charge in [-0.1, -0.05) is 40.0 Å². The van der Waals surface area contributed by atoms with Gasteiger partial charge in [0.15, 0.2) is 0 Å².